The molecule has 0 spiro atoms. The molecule has 0 aliphatic carbocycles. The van der Waals surface area contributed by atoms with Gasteiger partial charge in [0.05, 0.1) is 23.0 Å². The number of alkyl halides is 1. The van der Waals surface area contributed by atoms with Crippen LogP contribution in [-0.4, -0.2) is 86.3 Å². The molecule has 3 N–H and O–H groups in total. The third-order valence-electron chi connectivity index (χ3n) is 9.85. The number of nitrogens with zero attached hydrogens (tertiary/aromatic N) is 5. The first-order chi connectivity index (χ1) is 21.6. The lowest BCUT2D eigenvalue weighted by Gasteiger charge is -2.34. The van der Waals surface area contributed by atoms with Gasteiger partial charge >= 0.3 is 6.01 Å². The minimum atomic E-state index is -2.31. The molecule has 45 heavy (non-hydrogen) atoms. The van der Waals surface area contributed by atoms with Gasteiger partial charge in [-0.25, -0.2) is 13.2 Å². The predicted octanol–water partition coefficient (Wildman–Crippen LogP) is 4.03. The molecule has 232 valence electrons. The fourth-order valence-corrected chi connectivity index (χ4v) is 7.94. The third-order valence-corrected chi connectivity index (χ3v) is 9.85. The summed E-state index contributed by atoms with van der Waals surface area (Å²) in [7, 11) is 0. The van der Waals surface area contributed by atoms with E-state index < -0.39 is 23.0 Å². The number of nitrogens with one attached hydrogen (secondary N) is 1. The minimum Gasteiger partial charge on any atom is -0.508 e. The molecule has 8 rings (SSSR count). The molecule has 0 amide bonds. The number of phenolic OH excluding ortho intramolecular Hbond substituents is 1. The van der Waals surface area contributed by atoms with Crippen molar-refractivity contribution in [3.63, 3.8) is 0 Å². The average Bonchev–Trinajstić information content (AvgIpc) is 3.63. The topological polar surface area (TPSA) is 107 Å². The van der Waals surface area contributed by atoms with Crippen LogP contribution in [0.3, 0.4) is 0 Å². The van der Waals surface area contributed by atoms with E-state index in [2.05, 4.69) is 26.1 Å². The van der Waals surface area contributed by atoms with E-state index in [0.717, 1.165) is 19.3 Å². The first kappa shape index (κ1) is 28.3. The van der Waals surface area contributed by atoms with Crippen LogP contribution in [0.25, 0.3) is 32.9 Å². The smallest absolute Gasteiger partial charge is 0.319 e. The molecule has 2 aromatic carbocycles. The minimum absolute atomic E-state index is 0.0263. The van der Waals surface area contributed by atoms with Gasteiger partial charge in [0.15, 0.2) is 5.82 Å². The highest BCUT2D eigenvalue weighted by Gasteiger charge is 2.56. The SMILES string of the molecule is C#Cc1c(F)ccc2cc(O)cc(-c3ncc4c(N5CC6CC[C@H](C5)N6)nc(OCC56CCCN5CC(O)(F)C6)nc4c3F)c12. The van der Waals surface area contributed by atoms with E-state index in [9.17, 15) is 19.0 Å². The van der Waals surface area contributed by atoms with E-state index in [1.165, 1.54) is 30.5 Å². The largest absolute Gasteiger partial charge is 0.508 e. The van der Waals surface area contributed by atoms with Crippen molar-refractivity contribution in [3.05, 3.63) is 47.7 Å². The number of phenols is 1. The highest BCUT2D eigenvalue weighted by molar-refractivity contribution is 6.03. The van der Waals surface area contributed by atoms with Crippen molar-refractivity contribution in [2.45, 2.75) is 55.6 Å². The highest BCUT2D eigenvalue weighted by atomic mass is 19.2. The molecule has 0 saturated carbocycles. The molecule has 6 heterocycles. The van der Waals surface area contributed by atoms with Gasteiger partial charge in [-0.1, -0.05) is 12.0 Å². The van der Waals surface area contributed by atoms with E-state index in [1.807, 2.05) is 4.90 Å². The number of piperazine rings is 1. The van der Waals surface area contributed by atoms with Gasteiger partial charge in [-0.3, -0.25) is 9.88 Å². The molecule has 4 fully saturated rings. The van der Waals surface area contributed by atoms with E-state index in [0.29, 0.717) is 42.6 Å². The molecule has 4 aromatic rings. The zero-order valence-corrected chi connectivity index (χ0v) is 24.4. The van der Waals surface area contributed by atoms with Gasteiger partial charge in [-0.05, 0) is 55.8 Å². The summed E-state index contributed by atoms with van der Waals surface area (Å²) in [5, 5.41) is 25.3. The summed E-state index contributed by atoms with van der Waals surface area (Å²) >= 11 is 0. The Morgan fingerprint density at radius 2 is 1.96 bits per heavy atom. The number of ether oxygens (including phenoxy) is 1. The number of benzene rings is 2. The van der Waals surface area contributed by atoms with Crippen molar-refractivity contribution < 1.29 is 28.1 Å². The predicted molar refractivity (Wildman–Crippen MR) is 162 cm³/mol. The lowest BCUT2D eigenvalue weighted by molar-refractivity contribution is -0.0791. The Bertz CT molecular complexity index is 1900. The highest BCUT2D eigenvalue weighted by Crippen LogP contribution is 2.45. The first-order valence-electron chi connectivity index (χ1n) is 15.2. The molecule has 4 aliphatic heterocycles. The second kappa shape index (κ2) is 10.2. The van der Waals surface area contributed by atoms with Gasteiger partial charge in [0.25, 0.3) is 0 Å². The second-order valence-corrected chi connectivity index (χ2v) is 12.8. The number of fused-ring (bicyclic) bond motifs is 5. The Morgan fingerprint density at radius 3 is 2.73 bits per heavy atom. The molecule has 4 atom stereocenters. The normalized spacial score (nSPS) is 27.8. The van der Waals surface area contributed by atoms with Gasteiger partial charge in [-0.15, -0.1) is 6.42 Å². The number of β-amino-alcohol motifs (C(OH)–C–C–N with tert-alkyl or cyclic N) is 1. The standard InChI is InChI=1S/C33H31F3N6O3/c1-2-22-25(34)7-4-18-10-21(43)11-23(26(18)22)28-27(35)29-24(12-37-28)30(41-13-19-5-6-20(14-41)38-19)40-31(39-29)45-17-32-8-3-9-42(32)16-33(36,44)15-32/h1,4,7,10-12,19-20,38,43-44H,3,5-6,8-9,13-17H2/t19-,20?,32?,33?/m1/s1. The molecule has 4 saturated heterocycles. The Labute approximate surface area is 257 Å². The Balaban J connectivity index is 1.27. The number of hydrogen-bond donors (Lipinski definition) is 3. The lowest BCUT2D eigenvalue weighted by atomic mass is 9.94. The molecule has 3 unspecified atom stereocenters. The van der Waals surface area contributed by atoms with Gasteiger partial charge in [0.1, 0.15) is 35.2 Å². The van der Waals surface area contributed by atoms with Crippen molar-refractivity contribution in [2.24, 2.45) is 0 Å². The summed E-state index contributed by atoms with van der Waals surface area (Å²) < 4.78 is 52.4. The zero-order valence-electron chi connectivity index (χ0n) is 24.4. The maximum absolute atomic E-state index is 16.7. The Kier molecular flexibility index (Phi) is 6.40. The van der Waals surface area contributed by atoms with Crippen molar-refractivity contribution in [2.75, 3.05) is 37.7 Å². The van der Waals surface area contributed by atoms with E-state index in [-0.39, 0.29) is 71.1 Å². The second-order valence-electron chi connectivity index (χ2n) is 12.8. The number of halogens is 3. The van der Waals surface area contributed by atoms with Crippen LogP contribution in [-0.2, 0) is 0 Å². The number of rotatable bonds is 5. The van der Waals surface area contributed by atoms with E-state index >= 15 is 4.39 Å². The van der Waals surface area contributed by atoms with Crippen LogP contribution in [0.5, 0.6) is 11.8 Å². The molecule has 0 radical (unpaired) electrons. The molecular formula is C33H31F3N6O3. The average molecular weight is 617 g/mol. The van der Waals surface area contributed by atoms with Crippen molar-refractivity contribution in [1.82, 2.24) is 25.2 Å². The fourth-order valence-electron chi connectivity index (χ4n) is 7.94. The van der Waals surface area contributed by atoms with Crippen LogP contribution in [0.1, 0.15) is 37.7 Å². The molecule has 2 aromatic heterocycles. The Morgan fingerprint density at radius 1 is 1.16 bits per heavy atom. The summed E-state index contributed by atoms with van der Waals surface area (Å²) in [6.07, 6.45) is 10.6. The Hall–Kier alpha value is -4.18. The quantitative estimate of drug-likeness (QED) is 0.287. The summed E-state index contributed by atoms with van der Waals surface area (Å²) in [5.41, 5.74) is -0.893. The van der Waals surface area contributed by atoms with Crippen LogP contribution in [0.15, 0.2) is 30.5 Å². The summed E-state index contributed by atoms with van der Waals surface area (Å²) in [4.78, 5) is 17.7. The lowest BCUT2D eigenvalue weighted by Crippen LogP contribution is -2.51. The van der Waals surface area contributed by atoms with Crippen molar-refractivity contribution in [3.8, 4) is 35.4 Å². The van der Waals surface area contributed by atoms with Crippen molar-refractivity contribution >= 4 is 27.5 Å². The van der Waals surface area contributed by atoms with Crippen molar-refractivity contribution in [1.29, 1.82) is 0 Å². The van der Waals surface area contributed by atoms with Crippen LogP contribution in [0, 0.1) is 24.0 Å². The molecule has 4 aliphatic rings. The maximum atomic E-state index is 16.7. The van der Waals surface area contributed by atoms with Gasteiger partial charge in [0, 0.05) is 48.7 Å². The molecule has 9 nitrogen and oxygen atoms in total. The summed E-state index contributed by atoms with van der Waals surface area (Å²) in [6, 6.07) is 5.84. The maximum Gasteiger partial charge on any atom is 0.319 e. The van der Waals surface area contributed by atoms with Gasteiger partial charge in [0.2, 0.25) is 5.85 Å². The van der Waals surface area contributed by atoms with E-state index in [1.54, 1.807) is 0 Å². The number of hydrogen-bond acceptors (Lipinski definition) is 9. The van der Waals surface area contributed by atoms with Gasteiger partial charge < -0.3 is 25.2 Å². The molecule has 12 heteroatoms. The number of aliphatic hydroxyl groups is 1. The first-order valence-corrected chi connectivity index (χ1v) is 15.2. The van der Waals surface area contributed by atoms with Crippen LogP contribution < -0.4 is 15.0 Å². The number of anilines is 1. The van der Waals surface area contributed by atoms with Crippen LogP contribution >= 0.6 is 0 Å². The van der Waals surface area contributed by atoms with Crippen LogP contribution in [0.2, 0.25) is 0 Å². The van der Waals surface area contributed by atoms with Gasteiger partial charge in [-0.2, -0.15) is 9.97 Å². The third kappa shape index (κ3) is 4.64. The molecule has 2 bridgehead atoms. The number of aromatic hydroxyl groups is 1. The summed E-state index contributed by atoms with van der Waals surface area (Å²) in [6.45, 7) is 1.88. The number of terminal acetylenes is 1. The summed E-state index contributed by atoms with van der Waals surface area (Å²) in [5.74, 6) is -1.12. The fraction of sp³-hybridized carbons (Fsp3) is 0.424. The van der Waals surface area contributed by atoms with Crippen LogP contribution in [0.4, 0.5) is 19.0 Å². The zero-order chi connectivity index (χ0) is 31.1. The number of aromatic nitrogens is 3. The molecular weight excluding hydrogens is 585 g/mol. The monoisotopic (exact) mass is 616 g/mol. The van der Waals surface area contributed by atoms with E-state index in [4.69, 9.17) is 16.1 Å². The number of pyridine rings is 1.